The van der Waals surface area contributed by atoms with E-state index in [1.807, 2.05) is 24.3 Å². The fourth-order valence-electron chi connectivity index (χ4n) is 3.36. The van der Waals surface area contributed by atoms with E-state index in [4.69, 9.17) is 0 Å². The lowest BCUT2D eigenvalue weighted by Crippen LogP contribution is -2.14. The van der Waals surface area contributed by atoms with Crippen molar-refractivity contribution in [1.82, 2.24) is 30.6 Å². The molecule has 0 bridgehead atoms. The van der Waals surface area contributed by atoms with Gasteiger partial charge in [-0.2, -0.15) is 0 Å². The van der Waals surface area contributed by atoms with Crippen LogP contribution >= 0.6 is 0 Å². The van der Waals surface area contributed by atoms with Gasteiger partial charge in [0.2, 0.25) is 0 Å². The second-order valence-corrected chi connectivity index (χ2v) is 7.43. The maximum Gasteiger partial charge on any atom is 0.121 e. The molecule has 0 fully saturated rings. The number of rotatable bonds is 8. The lowest BCUT2D eigenvalue weighted by atomic mass is 10.1. The van der Waals surface area contributed by atoms with Crippen molar-refractivity contribution in [2.45, 2.75) is 39.8 Å². The van der Waals surface area contributed by atoms with Gasteiger partial charge in [-0.25, -0.2) is 9.97 Å². The summed E-state index contributed by atoms with van der Waals surface area (Å²) < 4.78 is 0. The monoisotopic (exact) mass is 400 g/mol. The third kappa shape index (κ3) is 4.88. The highest BCUT2D eigenvalue weighted by Gasteiger charge is 2.04. The predicted octanol–water partition coefficient (Wildman–Crippen LogP) is 3.84. The number of nitrogens with one attached hydrogen (secondary N) is 4. The molecule has 0 amide bonds. The molecule has 0 aliphatic carbocycles. The molecule has 0 saturated carbocycles. The predicted molar refractivity (Wildman–Crippen MR) is 122 cm³/mol. The normalized spacial score (nSPS) is 11.1. The zero-order valence-electron chi connectivity index (χ0n) is 17.6. The van der Waals surface area contributed by atoms with Crippen molar-refractivity contribution in [2.75, 3.05) is 13.1 Å². The van der Waals surface area contributed by atoms with Gasteiger partial charge >= 0.3 is 0 Å². The topological polar surface area (TPSA) is 81.4 Å². The average Bonchev–Trinajstić information content (AvgIpc) is 3.35. The third-order valence-electron chi connectivity index (χ3n) is 4.85. The van der Waals surface area contributed by atoms with Crippen LogP contribution in [0.25, 0.3) is 22.1 Å². The molecule has 6 nitrogen and oxygen atoms in total. The Morgan fingerprint density at radius 2 is 1.20 bits per heavy atom. The number of imidazole rings is 2. The first-order chi connectivity index (χ1) is 14.7. The largest absolute Gasteiger partial charge is 0.341 e. The first-order valence-corrected chi connectivity index (χ1v) is 10.7. The summed E-state index contributed by atoms with van der Waals surface area (Å²) in [5.74, 6) is 8.45. The van der Waals surface area contributed by atoms with Crippen molar-refractivity contribution < 1.29 is 0 Å². The molecule has 0 aliphatic rings. The quantitative estimate of drug-likeness (QED) is 0.268. The number of aromatic amines is 2. The van der Waals surface area contributed by atoms with Crippen LogP contribution in [0.4, 0.5) is 0 Å². The molecule has 154 valence electrons. The van der Waals surface area contributed by atoms with E-state index in [-0.39, 0.29) is 0 Å². The van der Waals surface area contributed by atoms with E-state index in [1.54, 1.807) is 0 Å². The van der Waals surface area contributed by atoms with Crippen LogP contribution in [0.15, 0.2) is 36.4 Å². The van der Waals surface area contributed by atoms with E-state index in [0.29, 0.717) is 0 Å². The number of benzene rings is 2. The molecule has 2 aromatic carbocycles. The van der Waals surface area contributed by atoms with Crippen molar-refractivity contribution >= 4 is 22.1 Å². The second kappa shape index (κ2) is 9.57. The first kappa shape index (κ1) is 20.1. The zero-order valence-corrected chi connectivity index (χ0v) is 17.6. The van der Waals surface area contributed by atoms with Crippen LogP contribution in [0, 0.1) is 11.8 Å². The van der Waals surface area contributed by atoms with Crippen molar-refractivity contribution in [3.63, 3.8) is 0 Å². The molecular formula is C24H28N6. The van der Waals surface area contributed by atoms with Crippen LogP contribution in [0.1, 0.15) is 49.5 Å². The van der Waals surface area contributed by atoms with Crippen LogP contribution in [-0.4, -0.2) is 33.0 Å². The summed E-state index contributed by atoms with van der Waals surface area (Å²) in [4.78, 5) is 16.0. The Morgan fingerprint density at radius 3 is 1.63 bits per heavy atom. The van der Waals surface area contributed by atoms with Gasteiger partial charge in [0, 0.05) is 11.1 Å². The number of fused-ring (bicyclic) bond motifs is 2. The summed E-state index contributed by atoms with van der Waals surface area (Å²) in [5.41, 5.74) is 5.90. The van der Waals surface area contributed by atoms with Crippen LogP contribution in [0.3, 0.4) is 0 Å². The molecule has 0 spiro atoms. The summed E-state index contributed by atoms with van der Waals surface area (Å²) >= 11 is 0. The van der Waals surface area contributed by atoms with Gasteiger partial charge in [0.1, 0.15) is 11.6 Å². The molecule has 6 heteroatoms. The van der Waals surface area contributed by atoms with Gasteiger partial charge in [-0.3, -0.25) is 0 Å². The number of H-pyrrole nitrogens is 2. The van der Waals surface area contributed by atoms with E-state index in [2.05, 4.69) is 68.4 Å². The van der Waals surface area contributed by atoms with Gasteiger partial charge in [-0.1, -0.05) is 25.7 Å². The van der Waals surface area contributed by atoms with Crippen molar-refractivity contribution in [2.24, 2.45) is 0 Å². The maximum absolute atomic E-state index is 4.62. The molecule has 30 heavy (non-hydrogen) atoms. The minimum absolute atomic E-state index is 0.754. The van der Waals surface area contributed by atoms with E-state index in [9.17, 15) is 0 Å². The standard InChI is InChI=1S/C24H28N6/c1-3-11-25-15-23-27-19-9-7-17(13-21(19)29-23)5-6-18-8-10-20-22(14-18)30-24(28-20)16-26-12-4-2/h7-10,13-14,25-26H,3-4,11-12,15-16H2,1-2H3,(H,27,29)(H,28,30). The molecular weight excluding hydrogens is 372 g/mol. The molecule has 0 aliphatic heterocycles. The summed E-state index contributed by atoms with van der Waals surface area (Å²) in [6.45, 7) is 7.80. The third-order valence-corrected chi connectivity index (χ3v) is 4.85. The molecule has 0 unspecified atom stereocenters. The highest BCUT2D eigenvalue weighted by molar-refractivity contribution is 5.78. The fraction of sp³-hybridized carbons (Fsp3) is 0.333. The van der Waals surface area contributed by atoms with Gasteiger partial charge in [0.15, 0.2) is 0 Å². The Morgan fingerprint density at radius 1 is 0.733 bits per heavy atom. The van der Waals surface area contributed by atoms with Gasteiger partial charge in [0.05, 0.1) is 35.2 Å². The molecule has 2 aromatic heterocycles. The SMILES string of the molecule is CCCNCc1nc2ccc(C#Cc3ccc4nc(CNCCC)[nH]c4c3)cc2[nH]1. The average molecular weight is 401 g/mol. The van der Waals surface area contributed by atoms with Crippen LogP contribution < -0.4 is 10.6 Å². The summed E-state index contributed by atoms with van der Waals surface area (Å²) in [6, 6.07) is 12.2. The lowest BCUT2D eigenvalue weighted by Gasteiger charge is -1.97. The number of hydrogen-bond acceptors (Lipinski definition) is 4. The molecule has 4 aromatic rings. The lowest BCUT2D eigenvalue weighted by molar-refractivity contribution is 0.656. The highest BCUT2D eigenvalue weighted by Crippen LogP contribution is 2.15. The Kier molecular flexibility index (Phi) is 6.43. The minimum atomic E-state index is 0.754. The van der Waals surface area contributed by atoms with Crippen LogP contribution in [0.5, 0.6) is 0 Å². The van der Waals surface area contributed by atoms with Gasteiger partial charge < -0.3 is 20.6 Å². The smallest absolute Gasteiger partial charge is 0.121 e. The molecule has 0 saturated heterocycles. The maximum atomic E-state index is 4.62. The Hall–Kier alpha value is -3.14. The van der Waals surface area contributed by atoms with Gasteiger partial charge in [-0.15, -0.1) is 0 Å². The van der Waals surface area contributed by atoms with E-state index in [0.717, 1.165) is 83.9 Å². The van der Waals surface area contributed by atoms with Crippen LogP contribution in [0.2, 0.25) is 0 Å². The van der Waals surface area contributed by atoms with E-state index < -0.39 is 0 Å². The highest BCUT2D eigenvalue weighted by atomic mass is 15.0. The fourth-order valence-corrected chi connectivity index (χ4v) is 3.36. The minimum Gasteiger partial charge on any atom is -0.341 e. The Labute approximate surface area is 176 Å². The summed E-state index contributed by atoms with van der Waals surface area (Å²) in [5, 5.41) is 6.74. The summed E-state index contributed by atoms with van der Waals surface area (Å²) in [7, 11) is 0. The zero-order chi connectivity index (χ0) is 20.8. The van der Waals surface area contributed by atoms with E-state index in [1.165, 1.54) is 0 Å². The second-order valence-electron chi connectivity index (χ2n) is 7.43. The van der Waals surface area contributed by atoms with Crippen molar-refractivity contribution in [3.8, 4) is 11.8 Å². The number of aromatic nitrogens is 4. The summed E-state index contributed by atoms with van der Waals surface area (Å²) in [6.07, 6.45) is 2.22. The molecule has 0 atom stereocenters. The number of hydrogen-bond donors (Lipinski definition) is 4. The van der Waals surface area contributed by atoms with Gasteiger partial charge in [-0.05, 0) is 62.3 Å². The molecule has 4 rings (SSSR count). The molecule has 4 N–H and O–H groups in total. The molecule has 0 radical (unpaired) electrons. The van der Waals surface area contributed by atoms with Crippen LogP contribution in [-0.2, 0) is 13.1 Å². The molecule has 2 heterocycles. The Balaban J connectivity index is 1.49. The van der Waals surface area contributed by atoms with Gasteiger partial charge in [0.25, 0.3) is 0 Å². The van der Waals surface area contributed by atoms with Crippen molar-refractivity contribution in [3.05, 3.63) is 59.2 Å². The Bertz CT molecular complexity index is 1100. The van der Waals surface area contributed by atoms with Crippen molar-refractivity contribution in [1.29, 1.82) is 0 Å². The van der Waals surface area contributed by atoms with E-state index >= 15 is 0 Å². The number of nitrogens with zero attached hydrogens (tertiary/aromatic N) is 2. The first-order valence-electron chi connectivity index (χ1n) is 10.7.